The van der Waals surface area contributed by atoms with Crippen molar-refractivity contribution in [1.82, 2.24) is 5.32 Å². The van der Waals surface area contributed by atoms with Gasteiger partial charge in [0.05, 0.1) is 0 Å². The molecule has 4 heteroatoms. The van der Waals surface area contributed by atoms with E-state index < -0.39 is 0 Å². The highest BCUT2D eigenvalue weighted by Gasteiger charge is 2.28. The number of carbonyl (C=O) groups excluding carboxylic acids is 1. The van der Waals surface area contributed by atoms with Crippen LogP contribution in [0.15, 0.2) is 24.3 Å². The van der Waals surface area contributed by atoms with E-state index in [1.165, 1.54) is 25.7 Å². The van der Waals surface area contributed by atoms with E-state index in [1.807, 2.05) is 12.1 Å². The number of anilines is 2. The highest BCUT2D eigenvalue weighted by Crippen LogP contribution is 2.36. The van der Waals surface area contributed by atoms with Crippen LogP contribution >= 0.6 is 0 Å². The molecule has 1 fully saturated rings. The normalized spacial score (nSPS) is 17.4. The minimum Gasteiger partial charge on any atom is -0.399 e. The molecule has 0 aliphatic heterocycles. The van der Waals surface area contributed by atoms with Gasteiger partial charge in [-0.1, -0.05) is 25.8 Å². The second-order valence-corrected chi connectivity index (χ2v) is 5.45. The topological polar surface area (TPSA) is 67.2 Å². The molecule has 1 saturated carbocycles. The first-order valence-electron chi connectivity index (χ1n) is 6.48. The summed E-state index contributed by atoms with van der Waals surface area (Å²) >= 11 is 0. The Balaban J connectivity index is 1.82. The zero-order valence-corrected chi connectivity index (χ0v) is 10.8. The second-order valence-electron chi connectivity index (χ2n) is 5.45. The van der Waals surface area contributed by atoms with Gasteiger partial charge in [-0.15, -0.1) is 0 Å². The number of hydrogen-bond donors (Lipinski definition) is 3. The summed E-state index contributed by atoms with van der Waals surface area (Å²) in [5.41, 5.74) is 7.30. The van der Waals surface area contributed by atoms with Crippen LogP contribution < -0.4 is 16.4 Å². The number of carbonyl (C=O) groups is 1. The average Bonchev–Trinajstić information content (AvgIpc) is 2.74. The molecule has 98 valence electrons. The fourth-order valence-corrected chi connectivity index (χ4v) is 2.49. The highest BCUT2D eigenvalue weighted by molar-refractivity contribution is 5.89. The lowest BCUT2D eigenvalue weighted by atomic mass is 9.89. The van der Waals surface area contributed by atoms with Crippen LogP contribution in [0.1, 0.15) is 32.6 Å². The summed E-state index contributed by atoms with van der Waals surface area (Å²) in [6.07, 6.45) is 4.95. The first kappa shape index (κ1) is 12.7. The molecule has 0 spiro atoms. The quantitative estimate of drug-likeness (QED) is 0.719. The molecule has 4 N–H and O–H groups in total. The maximum absolute atomic E-state index is 11.8. The number of nitrogen functional groups attached to an aromatic ring is 1. The Labute approximate surface area is 108 Å². The van der Waals surface area contributed by atoms with Crippen molar-refractivity contribution in [2.45, 2.75) is 32.6 Å². The van der Waals surface area contributed by atoms with Crippen molar-refractivity contribution >= 4 is 17.4 Å². The van der Waals surface area contributed by atoms with E-state index in [-0.39, 0.29) is 11.4 Å². The number of rotatable bonds is 3. The van der Waals surface area contributed by atoms with Crippen LogP contribution in [0.4, 0.5) is 16.2 Å². The van der Waals surface area contributed by atoms with Gasteiger partial charge in [0.1, 0.15) is 0 Å². The summed E-state index contributed by atoms with van der Waals surface area (Å²) in [7, 11) is 0. The Morgan fingerprint density at radius 1 is 1.39 bits per heavy atom. The van der Waals surface area contributed by atoms with Crippen molar-refractivity contribution in [1.29, 1.82) is 0 Å². The number of nitrogens with two attached hydrogens (primary N) is 1. The smallest absolute Gasteiger partial charge is 0.319 e. The Morgan fingerprint density at radius 3 is 2.78 bits per heavy atom. The lowest BCUT2D eigenvalue weighted by molar-refractivity contribution is 0.242. The molecule has 0 heterocycles. The van der Waals surface area contributed by atoms with Gasteiger partial charge in [-0.3, -0.25) is 0 Å². The Bertz CT molecular complexity index is 425. The largest absolute Gasteiger partial charge is 0.399 e. The molecule has 0 bridgehead atoms. The van der Waals surface area contributed by atoms with E-state index in [1.54, 1.807) is 12.1 Å². The van der Waals surface area contributed by atoms with Crippen molar-refractivity contribution in [3.05, 3.63) is 24.3 Å². The summed E-state index contributed by atoms with van der Waals surface area (Å²) in [5.74, 6) is 0. The maximum Gasteiger partial charge on any atom is 0.319 e. The third kappa shape index (κ3) is 3.39. The van der Waals surface area contributed by atoms with Gasteiger partial charge in [0.2, 0.25) is 0 Å². The number of benzene rings is 1. The van der Waals surface area contributed by atoms with Crippen LogP contribution in [0.3, 0.4) is 0 Å². The van der Waals surface area contributed by atoms with E-state index in [2.05, 4.69) is 17.6 Å². The third-order valence-electron chi connectivity index (χ3n) is 3.63. The van der Waals surface area contributed by atoms with Crippen LogP contribution in [0, 0.1) is 5.41 Å². The first-order chi connectivity index (χ1) is 8.57. The highest BCUT2D eigenvalue weighted by atomic mass is 16.2. The molecule has 1 aromatic rings. The van der Waals surface area contributed by atoms with Crippen molar-refractivity contribution in [3.63, 3.8) is 0 Å². The Kier molecular flexibility index (Phi) is 3.75. The van der Waals surface area contributed by atoms with E-state index in [4.69, 9.17) is 5.73 Å². The SMILES string of the molecule is CC1(CNC(=O)Nc2cccc(N)c2)CCCC1. The number of nitrogens with one attached hydrogen (secondary N) is 2. The molecule has 1 aromatic carbocycles. The van der Waals surface area contributed by atoms with Crippen LogP contribution in [-0.2, 0) is 0 Å². The fourth-order valence-electron chi connectivity index (χ4n) is 2.49. The van der Waals surface area contributed by atoms with Crippen molar-refractivity contribution in [2.24, 2.45) is 5.41 Å². The predicted molar refractivity (Wildman–Crippen MR) is 74.5 cm³/mol. The number of amides is 2. The lowest BCUT2D eigenvalue weighted by Crippen LogP contribution is -2.36. The summed E-state index contributed by atoms with van der Waals surface area (Å²) in [6, 6.07) is 7.03. The molecular weight excluding hydrogens is 226 g/mol. The van der Waals surface area contributed by atoms with Gasteiger partial charge < -0.3 is 16.4 Å². The van der Waals surface area contributed by atoms with Gasteiger partial charge in [0, 0.05) is 17.9 Å². The molecule has 2 rings (SSSR count). The second kappa shape index (κ2) is 5.29. The van der Waals surface area contributed by atoms with E-state index in [0.29, 0.717) is 5.69 Å². The Morgan fingerprint density at radius 2 is 2.11 bits per heavy atom. The number of urea groups is 1. The summed E-state index contributed by atoms with van der Waals surface area (Å²) in [6.45, 7) is 2.97. The van der Waals surface area contributed by atoms with E-state index >= 15 is 0 Å². The zero-order valence-electron chi connectivity index (χ0n) is 10.8. The van der Waals surface area contributed by atoms with Crippen molar-refractivity contribution in [3.8, 4) is 0 Å². The lowest BCUT2D eigenvalue weighted by Gasteiger charge is -2.23. The van der Waals surface area contributed by atoms with Crippen LogP contribution in [0.5, 0.6) is 0 Å². The monoisotopic (exact) mass is 247 g/mol. The van der Waals surface area contributed by atoms with E-state index in [9.17, 15) is 4.79 Å². The Hall–Kier alpha value is -1.71. The molecule has 2 amide bonds. The minimum atomic E-state index is -0.159. The molecule has 4 nitrogen and oxygen atoms in total. The van der Waals surface area contributed by atoms with Gasteiger partial charge in [0.25, 0.3) is 0 Å². The van der Waals surface area contributed by atoms with Gasteiger partial charge in [-0.2, -0.15) is 0 Å². The summed E-state index contributed by atoms with van der Waals surface area (Å²) in [4.78, 5) is 11.8. The van der Waals surface area contributed by atoms with E-state index in [0.717, 1.165) is 12.2 Å². The van der Waals surface area contributed by atoms with Gasteiger partial charge >= 0.3 is 6.03 Å². The minimum absolute atomic E-state index is 0.159. The van der Waals surface area contributed by atoms with Gasteiger partial charge in [-0.05, 0) is 36.5 Å². The van der Waals surface area contributed by atoms with Gasteiger partial charge in [0.15, 0.2) is 0 Å². The molecule has 1 aliphatic carbocycles. The number of hydrogen-bond acceptors (Lipinski definition) is 2. The zero-order chi connectivity index (χ0) is 13.0. The molecule has 0 aromatic heterocycles. The van der Waals surface area contributed by atoms with Crippen LogP contribution in [0.2, 0.25) is 0 Å². The molecule has 0 saturated heterocycles. The predicted octanol–water partition coefficient (Wildman–Crippen LogP) is 2.97. The van der Waals surface area contributed by atoms with Crippen molar-refractivity contribution in [2.75, 3.05) is 17.6 Å². The molecule has 0 unspecified atom stereocenters. The first-order valence-corrected chi connectivity index (χ1v) is 6.48. The van der Waals surface area contributed by atoms with Crippen molar-refractivity contribution < 1.29 is 4.79 Å². The van der Waals surface area contributed by atoms with Gasteiger partial charge in [-0.25, -0.2) is 4.79 Å². The fraction of sp³-hybridized carbons (Fsp3) is 0.500. The molecule has 18 heavy (non-hydrogen) atoms. The van der Waals surface area contributed by atoms with Crippen LogP contribution in [0.25, 0.3) is 0 Å². The molecule has 1 aliphatic rings. The maximum atomic E-state index is 11.8. The van der Waals surface area contributed by atoms with Crippen LogP contribution in [-0.4, -0.2) is 12.6 Å². The summed E-state index contributed by atoms with van der Waals surface area (Å²) in [5, 5.41) is 5.74. The molecular formula is C14H21N3O. The standard InChI is InChI=1S/C14H21N3O/c1-14(7-2-3-8-14)10-16-13(18)17-12-6-4-5-11(15)9-12/h4-6,9H,2-3,7-8,10,15H2,1H3,(H2,16,17,18). The summed E-state index contributed by atoms with van der Waals surface area (Å²) < 4.78 is 0. The third-order valence-corrected chi connectivity index (χ3v) is 3.63. The average molecular weight is 247 g/mol. The molecule has 0 radical (unpaired) electrons. The molecule has 0 atom stereocenters.